The van der Waals surface area contributed by atoms with Crippen LogP contribution in [0.25, 0.3) is 0 Å². The maximum Gasteiger partial charge on any atom is 0.499 e. The van der Waals surface area contributed by atoms with Gasteiger partial charge in [-0.15, -0.1) is 0 Å². The Morgan fingerprint density at radius 2 is 0.742 bits per heavy atom. The van der Waals surface area contributed by atoms with E-state index < -0.39 is 58.6 Å². The van der Waals surface area contributed by atoms with Gasteiger partial charge in [0, 0.05) is 136 Å². The SMILES string of the molecule is CC(C)(C)OC(=O)N1C2C=CC1CC2.CC(C)(C)OC(=O)N1C2CCC1C(c1ccc(N)nc1)C2.CC(C)(C)OC(=O)N1C2CCC1C(c1cnc(F)c(B3OC(C)(C)C(C)(C)O3)c1)C2.CC(C)(C)OC(=O)N1C2CCC1C(c1cnc(F)c(Br)c1)C2.CC(C)(C)OC(=O)N1C2CCC1C(c1cnc(N)c(Br)c1)C2.Fc1ncc(C2CC3CCC2N3)cc1Br.Nc1ccc(I)cn1. The Morgan fingerprint density at radius 1 is 0.409 bits per heavy atom. The number of aromatic nitrogens is 6. The molecule has 6 aromatic rings. The molecule has 17 atom stereocenters. The van der Waals surface area contributed by atoms with Crippen LogP contribution in [-0.4, -0.2) is 204 Å². The quantitative estimate of drug-likeness (QED) is 0.0396. The summed E-state index contributed by atoms with van der Waals surface area (Å²) in [6.07, 6.45) is 31.0. The van der Waals surface area contributed by atoms with E-state index in [4.69, 9.17) is 50.2 Å². The molecule has 0 spiro atoms. The van der Waals surface area contributed by atoms with Crippen molar-refractivity contribution < 1.29 is 70.1 Å². The van der Waals surface area contributed by atoms with Crippen molar-refractivity contribution in [2.24, 2.45) is 0 Å². The highest BCUT2D eigenvalue weighted by atomic mass is 127. The van der Waals surface area contributed by atoms with Gasteiger partial charge in [-0.25, -0.2) is 53.9 Å². The van der Waals surface area contributed by atoms with Crippen LogP contribution in [0.2, 0.25) is 0 Å². The van der Waals surface area contributed by atoms with E-state index in [0.29, 0.717) is 67.7 Å². The molecule has 718 valence electrons. The first kappa shape index (κ1) is 102. The van der Waals surface area contributed by atoms with Gasteiger partial charge < -0.3 is 75.1 Å². The Labute approximate surface area is 814 Å². The summed E-state index contributed by atoms with van der Waals surface area (Å²) in [5.74, 6) is 1.59. The van der Waals surface area contributed by atoms with Crippen molar-refractivity contribution in [1.82, 2.24) is 59.7 Å². The molecule has 12 bridgehead atoms. The first-order valence-corrected chi connectivity index (χ1v) is 49.7. The van der Waals surface area contributed by atoms with Crippen LogP contribution < -0.4 is 28.0 Å². The Hall–Kier alpha value is -7.71. The second kappa shape index (κ2) is 40.5. The number of ether oxygens (including phenoxy) is 5. The van der Waals surface area contributed by atoms with Gasteiger partial charge in [-0.1, -0.05) is 24.3 Å². The van der Waals surface area contributed by atoms with E-state index in [1.54, 1.807) is 36.9 Å². The standard InChI is InChI=1S/C22H32BFN2O4.C16H20BrFN2O2.C16H22BrN3O2.C16H23N3O2.C11H12BrFN2.C11H17NO2.C5H5IN2/c1-20(2,3)28-19(27)26-14-8-9-17(26)15(11-14)13-10-16(18(24)25-12-13)23-29-21(4,5)22(6,7)30-23;2*1-16(2,3)22-15(21)20-10-4-5-13(20)11(7-10)9-6-12(17)14(18)19-8-9;1-16(2,3)21-15(20)19-11-5-6-13(19)12(8-11)10-4-7-14(17)18-9-10;12-9-3-6(5-14-11(9)13)8-4-7-1-2-10(8)15-7;1-11(2,3)14-10(13)12-8-4-5-9(12)7-6-8;6-4-1-2-5(7)8-3-4/h10,12,14-15,17H,8-9,11H2,1-7H3;6,8,10-11,13H,4-5,7H2,1-3H3;6,8,10-11,13H,4-5,7H2,1-3H3,(H2,18,19);4,7,9,11-13H,5-6,8H2,1-3H3,(H2,17,18);3,5,7-8,10,15H,1-2,4H2;4-5,8-9H,6-7H2,1-3H3;1-3H,(H2,7,8). The largest absolute Gasteiger partial charge is 0.499 e. The molecule has 13 aliphatic heterocycles. The van der Waals surface area contributed by atoms with E-state index in [-0.39, 0.29) is 102 Å². The number of nitrogen functional groups attached to an aromatic ring is 3. The van der Waals surface area contributed by atoms with Crippen LogP contribution in [0.5, 0.6) is 0 Å². The number of amides is 5. The summed E-state index contributed by atoms with van der Waals surface area (Å²) in [6.45, 7) is 36.2. The van der Waals surface area contributed by atoms with E-state index in [1.807, 2.05) is 205 Å². The van der Waals surface area contributed by atoms with E-state index >= 15 is 0 Å². The third kappa shape index (κ3) is 24.4. The molecule has 0 aromatic carbocycles. The Morgan fingerprint density at radius 3 is 1.06 bits per heavy atom. The predicted molar refractivity (Wildman–Crippen MR) is 520 cm³/mol. The number of nitrogens with two attached hydrogens (primary N) is 3. The summed E-state index contributed by atoms with van der Waals surface area (Å²) in [5, 5.41) is 3.57. The second-order valence-electron chi connectivity index (χ2n) is 42.9. The molecule has 19 rings (SSSR count). The van der Waals surface area contributed by atoms with Crippen molar-refractivity contribution in [3.8, 4) is 0 Å². The molecule has 132 heavy (non-hydrogen) atoms. The monoisotopic (exact) mass is 2130 g/mol. The van der Waals surface area contributed by atoms with Gasteiger partial charge in [0.05, 0.1) is 36.7 Å². The summed E-state index contributed by atoms with van der Waals surface area (Å²) >= 11 is 12.0. The fourth-order valence-corrected chi connectivity index (χ4v) is 22.3. The van der Waals surface area contributed by atoms with Gasteiger partial charge in [0.15, 0.2) is 0 Å². The van der Waals surface area contributed by atoms with Crippen molar-refractivity contribution in [2.45, 2.75) is 382 Å². The van der Waals surface area contributed by atoms with E-state index in [0.717, 1.165) is 120 Å². The topological polar surface area (TPSA) is 334 Å². The molecule has 19 heterocycles. The number of nitrogens with one attached hydrogen (secondary N) is 1. The van der Waals surface area contributed by atoms with Gasteiger partial charge >= 0.3 is 37.6 Å². The number of hydrogen-bond donors (Lipinski definition) is 4. The van der Waals surface area contributed by atoms with E-state index in [2.05, 4.69) is 118 Å². The highest BCUT2D eigenvalue weighted by Gasteiger charge is 2.57. The van der Waals surface area contributed by atoms with Gasteiger partial charge in [-0.2, -0.15) is 13.2 Å². The lowest BCUT2D eigenvalue weighted by molar-refractivity contribution is 0.00578. The molecule has 17 unspecified atom stereocenters. The zero-order valence-electron chi connectivity index (χ0n) is 79.3. The predicted octanol–water partition coefficient (Wildman–Crippen LogP) is 20.8. The maximum absolute atomic E-state index is 14.6. The number of hydrogen-bond acceptors (Lipinski definition) is 22. The van der Waals surface area contributed by atoms with Gasteiger partial charge in [0.25, 0.3) is 0 Å². The maximum atomic E-state index is 14.6. The average molecular weight is 2130 g/mol. The number of fused-ring (bicyclic) bond motifs is 12. The van der Waals surface area contributed by atoms with Crippen molar-refractivity contribution in [1.29, 1.82) is 0 Å². The molecule has 0 radical (unpaired) electrons. The lowest BCUT2D eigenvalue weighted by atomic mass is 9.76. The molecule has 27 nitrogen and oxygen atoms in total. The molecular formula is C97H131BBr3F3IN15O12. The van der Waals surface area contributed by atoms with Crippen LogP contribution in [0.15, 0.2) is 111 Å². The third-order valence-electron chi connectivity index (χ3n) is 27.1. The minimum Gasteiger partial charge on any atom is -0.444 e. The fourth-order valence-electron chi connectivity index (χ4n) is 20.8. The number of halogens is 7. The molecule has 6 aromatic heterocycles. The van der Waals surface area contributed by atoms with Gasteiger partial charge in [0.2, 0.25) is 17.8 Å². The summed E-state index contributed by atoms with van der Waals surface area (Å²) in [7, 11) is -0.803. The second-order valence-corrected chi connectivity index (χ2v) is 46.7. The van der Waals surface area contributed by atoms with Gasteiger partial charge in [0.1, 0.15) is 45.5 Å². The minimum absolute atomic E-state index is 0.0447. The third-order valence-corrected chi connectivity index (χ3v) is 29.5. The van der Waals surface area contributed by atoms with Crippen LogP contribution in [0.4, 0.5) is 54.6 Å². The summed E-state index contributed by atoms with van der Waals surface area (Å²) in [5.41, 5.74) is 19.0. The van der Waals surface area contributed by atoms with E-state index in [9.17, 15) is 37.1 Å². The van der Waals surface area contributed by atoms with Crippen LogP contribution in [0.3, 0.4) is 0 Å². The number of carbonyl (C=O) groups excluding carboxylic acids is 5. The number of carbonyl (C=O) groups is 5. The Bertz CT molecular complexity index is 5000. The summed E-state index contributed by atoms with van der Waals surface area (Å²) in [6, 6.07) is 18.4. The molecule has 5 amide bonds. The van der Waals surface area contributed by atoms with Crippen molar-refractivity contribution in [3.63, 3.8) is 0 Å². The first-order chi connectivity index (χ1) is 61.7. The molecule has 35 heteroatoms. The summed E-state index contributed by atoms with van der Waals surface area (Å²) < 4.78 is 83.4. The Kier molecular flexibility index (Phi) is 31.2. The first-order valence-electron chi connectivity index (χ1n) is 46.3. The number of rotatable bonds is 6. The normalized spacial score (nSPS) is 27.8. The molecule has 12 fully saturated rings. The van der Waals surface area contributed by atoms with Crippen molar-refractivity contribution >= 4 is 131 Å². The fraction of sp³-hybridized carbons (Fsp3) is 0.619. The van der Waals surface area contributed by atoms with Gasteiger partial charge in [-0.05, 0) is 375 Å². The van der Waals surface area contributed by atoms with Gasteiger partial charge in [-0.3, -0.25) is 4.90 Å². The van der Waals surface area contributed by atoms with Crippen LogP contribution in [0, 0.1) is 21.4 Å². The molecule has 0 saturated carbocycles. The molecule has 12 saturated heterocycles. The van der Waals surface area contributed by atoms with Crippen molar-refractivity contribution in [3.05, 3.63) is 161 Å². The van der Waals surface area contributed by atoms with Crippen molar-refractivity contribution in [2.75, 3.05) is 17.2 Å². The molecular weight excluding hydrogens is 2000 g/mol. The summed E-state index contributed by atoms with van der Waals surface area (Å²) in [4.78, 5) is 95.2. The number of anilines is 3. The molecule has 13 aliphatic rings. The highest BCUT2D eigenvalue weighted by molar-refractivity contribution is 14.1. The smallest absolute Gasteiger partial charge is 0.444 e. The lowest BCUT2D eigenvalue weighted by Gasteiger charge is -2.32. The number of pyridine rings is 6. The minimum atomic E-state index is -0.803. The zero-order chi connectivity index (χ0) is 96.1. The average Bonchev–Trinajstić information content (AvgIpc) is 1.68. The number of nitrogens with zero attached hydrogens (tertiary/aromatic N) is 11. The molecule has 7 N–H and O–H groups in total. The zero-order valence-corrected chi connectivity index (χ0v) is 86.3. The Balaban J connectivity index is 0.000000134. The molecule has 0 aliphatic carbocycles. The highest BCUT2D eigenvalue weighted by Crippen LogP contribution is 2.53. The van der Waals surface area contributed by atoms with E-state index in [1.165, 1.54) is 24.8 Å². The lowest BCUT2D eigenvalue weighted by Crippen LogP contribution is -2.41. The van der Waals surface area contributed by atoms with Crippen LogP contribution in [0.1, 0.15) is 298 Å². The van der Waals surface area contributed by atoms with Crippen LogP contribution in [-0.2, 0) is 33.0 Å². The van der Waals surface area contributed by atoms with Crippen LogP contribution >= 0.6 is 70.4 Å².